The molecule has 1 aliphatic carbocycles. The Kier molecular flexibility index (Phi) is 5.63. The Labute approximate surface area is 161 Å². The first-order chi connectivity index (χ1) is 13.2. The maximum atomic E-state index is 13.0. The number of aromatic nitrogens is 1. The quantitative estimate of drug-likeness (QED) is 0.785. The molecule has 150 valence electrons. The zero-order chi connectivity index (χ0) is 20.5. The van der Waals surface area contributed by atoms with Crippen LogP contribution < -0.4 is 10.1 Å². The number of hydrogen-bond donors (Lipinski definition) is 1. The first-order valence-electron chi connectivity index (χ1n) is 9.23. The zero-order valence-electron chi connectivity index (χ0n) is 16.1. The molecule has 28 heavy (non-hydrogen) atoms. The summed E-state index contributed by atoms with van der Waals surface area (Å²) >= 11 is 0. The number of methoxy groups -OCH3 is 1. The number of ether oxygens (including phenoxy) is 1. The summed E-state index contributed by atoms with van der Waals surface area (Å²) in [7, 11) is 1.53. The summed E-state index contributed by atoms with van der Waals surface area (Å²) in [5.41, 5.74) is 2.66. The van der Waals surface area contributed by atoms with Crippen LogP contribution in [0.5, 0.6) is 5.75 Å². The minimum absolute atomic E-state index is 0.00181. The Morgan fingerprint density at radius 1 is 1.29 bits per heavy atom. The van der Waals surface area contributed by atoms with Crippen LogP contribution in [0.1, 0.15) is 49.0 Å². The highest BCUT2D eigenvalue weighted by atomic mass is 19.4. The maximum Gasteiger partial charge on any atom is 0.392 e. The predicted octanol–water partition coefficient (Wildman–Crippen LogP) is 5.13. The lowest BCUT2D eigenvalue weighted by molar-refractivity contribution is -0.175. The molecule has 0 saturated heterocycles. The zero-order valence-corrected chi connectivity index (χ0v) is 16.1. The van der Waals surface area contributed by atoms with Crippen molar-refractivity contribution in [2.24, 2.45) is 5.92 Å². The van der Waals surface area contributed by atoms with Crippen LogP contribution in [0.25, 0.3) is 16.5 Å². The molecule has 1 N–H and O–H groups in total. The van der Waals surface area contributed by atoms with Gasteiger partial charge in [-0.15, -0.1) is 0 Å². The molecule has 0 aliphatic heterocycles. The minimum Gasteiger partial charge on any atom is -0.497 e. The van der Waals surface area contributed by atoms with E-state index in [9.17, 15) is 18.0 Å². The average Bonchev–Trinajstić information content (AvgIpc) is 2.65. The second-order valence-corrected chi connectivity index (χ2v) is 7.34. The smallest absolute Gasteiger partial charge is 0.392 e. The molecule has 7 heteroatoms. The van der Waals surface area contributed by atoms with E-state index in [-0.39, 0.29) is 24.8 Å². The van der Waals surface area contributed by atoms with Gasteiger partial charge in [-0.1, -0.05) is 6.08 Å². The maximum absolute atomic E-state index is 13.0. The topological polar surface area (TPSA) is 51.2 Å². The SMILES string of the molecule is COc1cc(C2=CCC(C(F)(F)F)CC2)c2ncc(C(=O)NC(C)C)cc2c1. The van der Waals surface area contributed by atoms with Crippen LogP contribution in [-0.4, -0.2) is 30.2 Å². The molecule has 0 spiro atoms. The number of pyridine rings is 1. The van der Waals surface area contributed by atoms with Crippen LogP contribution in [-0.2, 0) is 0 Å². The van der Waals surface area contributed by atoms with Crippen LogP contribution in [0.15, 0.2) is 30.5 Å². The van der Waals surface area contributed by atoms with E-state index in [1.54, 1.807) is 24.3 Å². The van der Waals surface area contributed by atoms with E-state index in [0.717, 1.165) is 11.1 Å². The number of nitrogens with one attached hydrogen (secondary N) is 1. The van der Waals surface area contributed by atoms with E-state index in [0.29, 0.717) is 28.6 Å². The predicted molar refractivity (Wildman–Crippen MR) is 102 cm³/mol. The lowest BCUT2D eigenvalue weighted by atomic mass is 9.85. The minimum atomic E-state index is -4.17. The van der Waals surface area contributed by atoms with E-state index in [2.05, 4.69) is 10.3 Å². The Bertz CT molecular complexity index is 920. The van der Waals surface area contributed by atoms with Gasteiger partial charge in [0.25, 0.3) is 5.91 Å². The lowest BCUT2D eigenvalue weighted by Gasteiger charge is -2.24. The Balaban J connectivity index is 2.01. The second kappa shape index (κ2) is 7.81. The Morgan fingerprint density at radius 3 is 2.61 bits per heavy atom. The molecule has 1 aromatic heterocycles. The third-order valence-electron chi connectivity index (χ3n) is 4.89. The number of fused-ring (bicyclic) bond motifs is 1. The standard InChI is InChI=1S/C21H23F3N2O2/c1-12(2)26-20(27)15-8-14-9-17(28-3)10-18(19(14)25-11-15)13-4-6-16(7-5-13)21(22,23)24/h4,8-12,16H,5-7H2,1-3H3,(H,26,27). The molecule has 4 nitrogen and oxygen atoms in total. The molecule has 1 aliphatic rings. The number of hydrogen-bond acceptors (Lipinski definition) is 3. The summed E-state index contributed by atoms with van der Waals surface area (Å²) < 4.78 is 44.2. The summed E-state index contributed by atoms with van der Waals surface area (Å²) in [6, 6.07) is 5.30. The van der Waals surface area contributed by atoms with Gasteiger partial charge in [-0.05, 0) is 56.9 Å². The third-order valence-corrected chi connectivity index (χ3v) is 4.89. The fraction of sp³-hybridized carbons (Fsp3) is 0.429. The second-order valence-electron chi connectivity index (χ2n) is 7.34. The van der Waals surface area contributed by atoms with Crippen LogP contribution >= 0.6 is 0 Å². The van der Waals surface area contributed by atoms with Crippen molar-refractivity contribution in [1.29, 1.82) is 0 Å². The number of halogens is 3. The van der Waals surface area contributed by atoms with Gasteiger partial charge in [-0.3, -0.25) is 9.78 Å². The molecule has 0 bridgehead atoms. The first kappa shape index (κ1) is 20.2. The van der Waals surface area contributed by atoms with E-state index < -0.39 is 12.1 Å². The normalized spacial score (nSPS) is 17.5. The van der Waals surface area contributed by atoms with Gasteiger partial charge in [0.05, 0.1) is 24.1 Å². The van der Waals surface area contributed by atoms with Crippen LogP contribution in [0.4, 0.5) is 13.2 Å². The number of carbonyl (C=O) groups excluding carboxylic acids is 1. The molecule has 2 aromatic rings. The van der Waals surface area contributed by atoms with Crippen LogP contribution in [0.3, 0.4) is 0 Å². The van der Waals surface area contributed by atoms with E-state index in [1.807, 2.05) is 13.8 Å². The average molecular weight is 392 g/mol. The van der Waals surface area contributed by atoms with Crippen LogP contribution in [0.2, 0.25) is 0 Å². The molecule has 1 aromatic carbocycles. The van der Waals surface area contributed by atoms with Gasteiger partial charge in [-0.25, -0.2) is 0 Å². The number of benzene rings is 1. The van der Waals surface area contributed by atoms with Crippen LogP contribution in [0, 0.1) is 5.92 Å². The lowest BCUT2D eigenvalue weighted by Crippen LogP contribution is -2.30. The van der Waals surface area contributed by atoms with Crippen molar-refractivity contribution in [2.45, 2.75) is 45.3 Å². The molecule has 1 atom stereocenters. The fourth-order valence-corrected chi connectivity index (χ4v) is 3.43. The number of alkyl halides is 3. The van der Waals surface area contributed by atoms with Gasteiger partial charge in [0.15, 0.2) is 0 Å². The molecule has 1 unspecified atom stereocenters. The van der Waals surface area contributed by atoms with Crippen molar-refractivity contribution in [3.8, 4) is 5.75 Å². The largest absolute Gasteiger partial charge is 0.497 e. The van der Waals surface area contributed by atoms with Gasteiger partial charge < -0.3 is 10.1 Å². The summed E-state index contributed by atoms with van der Waals surface area (Å²) in [6.45, 7) is 3.74. The highest BCUT2D eigenvalue weighted by Gasteiger charge is 2.39. The van der Waals surface area contributed by atoms with Crippen molar-refractivity contribution in [3.63, 3.8) is 0 Å². The molecule has 3 rings (SSSR count). The van der Waals surface area contributed by atoms with E-state index in [1.165, 1.54) is 13.3 Å². The van der Waals surface area contributed by atoms with Gasteiger partial charge in [0.1, 0.15) is 5.75 Å². The van der Waals surface area contributed by atoms with Crippen molar-refractivity contribution in [2.75, 3.05) is 7.11 Å². The van der Waals surface area contributed by atoms with Crippen molar-refractivity contribution < 1.29 is 22.7 Å². The Morgan fingerprint density at radius 2 is 2.04 bits per heavy atom. The third kappa shape index (κ3) is 4.29. The monoisotopic (exact) mass is 392 g/mol. The van der Waals surface area contributed by atoms with E-state index >= 15 is 0 Å². The summed E-state index contributed by atoms with van der Waals surface area (Å²) in [5, 5.41) is 3.53. The first-order valence-corrected chi connectivity index (χ1v) is 9.23. The number of carbonyl (C=O) groups is 1. The van der Waals surface area contributed by atoms with Crippen molar-refractivity contribution >= 4 is 22.4 Å². The molecule has 1 heterocycles. The Hall–Kier alpha value is -2.57. The number of amides is 1. The van der Waals surface area contributed by atoms with Gasteiger partial charge in [0.2, 0.25) is 0 Å². The number of rotatable bonds is 4. The molecule has 0 fully saturated rings. The van der Waals surface area contributed by atoms with Gasteiger partial charge >= 0.3 is 6.18 Å². The molecule has 1 amide bonds. The van der Waals surface area contributed by atoms with Crippen molar-refractivity contribution in [1.82, 2.24) is 10.3 Å². The van der Waals surface area contributed by atoms with Gasteiger partial charge in [0, 0.05) is 23.2 Å². The molecule has 0 saturated carbocycles. The fourth-order valence-electron chi connectivity index (χ4n) is 3.43. The highest BCUT2D eigenvalue weighted by molar-refractivity contribution is 6.00. The number of allylic oxidation sites excluding steroid dienone is 2. The molecule has 0 radical (unpaired) electrons. The van der Waals surface area contributed by atoms with Crippen molar-refractivity contribution in [3.05, 3.63) is 41.6 Å². The molecular weight excluding hydrogens is 369 g/mol. The molecular formula is C21H23F3N2O2. The highest BCUT2D eigenvalue weighted by Crippen LogP contribution is 2.41. The summed E-state index contributed by atoms with van der Waals surface area (Å²) in [5.74, 6) is -0.948. The van der Waals surface area contributed by atoms with Gasteiger partial charge in [-0.2, -0.15) is 13.2 Å². The summed E-state index contributed by atoms with van der Waals surface area (Å²) in [6.07, 6.45) is -0.677. The summed E-state index contributed by atoms with van der Waals surface area (Å²) in [4.78, 5) is 16.7. The van der Waals surface area contributed by atoms with E-state index in [4.69, 9.17) is 4.74 Å². The number of nitrogens with zero attached hydrogens (tertiary/aromatic N) is 1.